The van der Waals surface area contributed by atoms with Crippen molar-refractivity contribution in [3.8, 4) is 0 Å². The first-order valence-electron chi connectivity index (χ1n) is 4.99. The van der Waals surface area contributed by atoms with Crippen molar-refractivity contribution in [1.82, 2.24) is 20.5 Å². The van der Waals surface area contributed by atoms with Crippen molar-refractivity contribution >= 4 is 5.91 Å². The second kappa shape index (κ2) is 4.57. The zero-order chi connectivity index (χ0) is 11.4. The van der Waals surface area contributed by atoms with E-state index in [4.69, 9.17) is 0 Å². The maximum atomic E-state index is 11.6. The summed E-state index contributed by atoms with van der Waals surface area (Å²) in [5.74, 6) is -0.125. The van der Waals surface area contributed by atoms with Crippen LogP contribution in [-0.4, -0.2) is 21.1 Å². The summed E-state index contributed by atoms with van der Waals surface area (Å²) in [5, 5.41) is 9.03. The van der Waals surface area contributed by atoms with Gasteiger partial charge in [0.05, 0.1) is 6.04 Å². The second-order valence-corrected chi connectivity index (χ2v) is 3.43. The van der Waals surface area contributed by atoms with Gasteiger partial charge in [0.25, 0.3) is 5.91 Å². The van der Waals surface area contributed by atoms with Crippen molar-refractivity contribution < 1.29 is 4.79 Å². The van der Waals surface area contributed by atoms with Crippen LogP contribution >= 0.6 is 0 Å². The molecule has 0 unspecified atom stereocenters. The molecule has 0 radical (unpaired) electrons. The van der Waals surface area contributed by atoms with Crippen molar-refractivity contribution in [2.24, 2.45) is 0 Å². The third-order valence-electron chi connectivity index (χ3n) is 2.27. The molecule has 0 aliphatic heterocycles. The summed E-state index contributed by atoms with van der Waals surface area (Å²) < 4.78 is 0. The lowest BCUT2D eigenvalue weighted by atomic mass is 10.1. The molecule has 1 aromatic heterocycles. The number of carbonyl (C=O) groups excluding carboxylic acids is 1. The average molecular weight is 216 g/mol. The smallest absolute Gasteiger partial charge is 0.291 e. The fourth-order valence-corrected chi connectivity index (χ4v) is 1.40. The van der Waals surface area contributed by atoms with E-state index in [0.29, 0.717) is 0 Å². The van der Waals surface area contributed by atoms with Crippen LogP contribution in [0.5, 0.6) is 0 Å². The van der Waals surface area contributed by atoms with Gasteiger partial charge in [-0.3, -0.25) is 9.89 Å². The van der Waals surface area contributed by atoms with E-state index in [0.717, 1.165) is 5.56 Å². The predicted molar refractivity (Wildman–Crippen MR) is 58.7 cm³/mol. The average Bonchev–Trinajstić information content (AvgIpc) is 2.83. The van der Waals surface area contributed by atoms with Gasteiger partial charge in [-0.05, 0) is 12.5 Å². The van der Waals surface area contributed by atoms with Crippen molar-refractivity contribution in [3.63, 3.8) is 0 Å². The quantitative estimate of drug-likeness (QED) is 0.812. The summed E-state index contributed by atoms with van der Waals surface area (Å²) in [5.41, 5.74) is 1.05. The number of hydrogen-bond donors (Lipinski definition) is 2. The van der Waals surface area contributed by atoms with E-state index in [2.05, 4.69) is 20.5 Å². The number of benzene rings is 1. The molecule has 1 heterocycles. The Balaban J connectivity index is 2.03. The first kappa shape index (κ1) is 10.4. The molecule has 0 aliphatic carbocycles. The van der Waals surface area contributed by atoms with Crippen molar-refractivity contribution in [2.45, 2.75) is 13.0 Å². The second-order valence-electron chi connectivity index (χ2n) is 3.43. The van der Waals surface area contributed by atoms with Crippen molar-refractivity contribution in [3.05, 3.63) is 48.0 Å². The highest BCUT2D eigenvalue weighted by Crippen LogP contribution is 2.11. The van der Waals surface area contributed by atoms with E-state index in [1.54, 1.807) is 0 Å². The first-order chi connectivity index (χ1) is 7.77. The Labute approximate surface area is 92.9 Å². The molecule has 0 bridgehead atoms. The van der Waals surface area contributed by atoms with Crippen LogP contribution in [0.3, 0.4) is 0 Å². The van der Waals surface area contributed by atoms with Crippen molar-refractivity contribution in [1.29, 1.82) is 0 Å². The maximum absolute atomic E-state index is 11.6. The van der Waals surface area contributed by atoms with Crippen LogP contribution in [0.2, 0.25) is 0 Å². The Morgan fingerprint density at radius 1 is 1.38 bits per heavy atom. The lowest BCUT2D eigenvalue weighted by Gasteiger charge is -2.12. The molecule has 0 saturated heterocycles. The van der Waals surface area contributed by atoms with Crippen LogP contribution in [0.15, 0.2) is 36.7 Å². The Bertz CT molecular complexity index is 452. The summed E-state index contributed by atoms with van der Waals surface area (Å²) in [6, 6.07) is 9.67. The van der Waals surface area contributed by atoms with Gasteiger partial charge >= 0.3 is 0 Å². The molecule has 1 atom stereocenters. The molecule has 2 rings (SSSR count). The van der Waals surface area contributed by atoms with Crippen LogP contribution in [0, 0.1) is 0 Å². The SMILES string of the molecule is C[C@H](NC(=O)c1nc[nH]n1)c1ccccc1. The molecule has 1 amide bonds. The van der Waals surface area contributed by atoms with Gasteiger partial charge in [0, 0.05) is 0 Å². The number of hydrogen-bond acceptors (Lipinski definition) is 3. The van der Waals surface area contributed by atoms with Gasteiger partial charge in [0.1, 0.15) is 6.33 Å². The van der Waals surface area contributed by atoms with E-state index in [9.17, 15) is 4.79 Å². The van der Waals surface area contributed by atoms with E-state index < -0.39 is 0 Å². The lowest BCUT2D eigenvalue weighted by molar-refractivity contribution is 0.0930. The van der Waals surface area contributed by atoms with Gasteiger partial charge in [0.2, 0.25) is 5.82 Å². The predicted octanol–water partition coefficient (Wildman–Crippen LogP) is 1.30. The molecule has 82 valence electrons. The molecule has 5 nitrogen and oxygen atoms in total. The molecular weight excluding hydrogens is 204 g/mol. The Hall–Kier alpha value is -2.17. The van der Waals surface area contributed by atoms with Crippen LogP contribution in [0.4, 0.5) is 0 Å². The Morgan fingerprint density at radius 2 is 2.12 bits per heavy atom. The van der Waals surface area contributed by atoms with Crippen LogP contribution in [-0.2, 0) is 0 Å². The number of H-pyrrole nitrogens is 1. The molecule has 0 fully saturated rings. The minimum atomic E-state index is -0.280. The molecule has 5 heteroatoms. The van der Waals surface area contributed by atoms with E-state index in [1.807, 2.05) is 37.3 Å². The van der Waals surface area contributed by atoms with Gasteiger partial charge in [-0.25, -0.2) is 4.98 Å². The zero-order valence-electron chi connectivity index (χ0n) is 8.84. The standard InChI is InChI=1S/C11H12N4O/c1-8(9-5-3-2-4-6-9)14-11(16)10-12-7-13-15-10/h2-8H,1H3,(H,14,16)(H,12,13,15)/t8-/m0/s1. The number of nitrogens with one attached hydrogen (secondary N) is 2. The Morgan fingerprint density at radius 3 is 2.75 bits per heavy atom. The molecular formula is C11H12N4O. The molecule has 0 aliphatic rings. The van der Waals surface area contributed by atoms with Gasteiger partial charge in [-0.1, -0.05) is 30.3 Å². The van der Waals surface area contributed by atoms with Crippen molar-refractivity contribution in [2.75, 3.05) is 0 Å². The topological polar surface area (TPSA) is 70.7 Å². The highest BCUT2D eigenvalue weighted by Gasteiger charge is 2.13. The Kier molecular flexibility index (Phi) is 2.95. The molecule has 1 aromatic carbocycles. The number of aromatic nitrogens is 3. The molecule has 2 N–H and O–H groups in total. The minimum absolute atomic E-state index is 0.0628. The first-order valence-corrected chi connectivity index (χ1v) is 4.99. The molecule has 0 saturated carbocycles. The lowest BCUT2D eigenvalue weighted by Crippen LogP contribution is -2.27. The monoisotopic (exact) mass is 216 g/mol. The highest BCUT2D eigenvalue weighted by atomic mass is 16.2. The summed E-state index contributed by atoms with van der Waals surface area (Å²) in [7, 11) is 0. The van der Waals surface area contributed by atoms with E-state index >= 15 is 0 Å². The van der Waals surface area contributed by atoms with Gasteiger partial charge in [0.15, 0.2) is 0 Å². The number of carbonyl (C=O) groups is 1. The van der Waals surface area contributed by atoms with Gasteiger partial charge in [-0.15, -0.1) is 5.10 Å². The summed E-state index contributed by atoms with van der Waals surface area (Å²) in [4.78, 5) is 15.4. The minimum Gasteiger partial charge on any atom is -0.343 e. The number of nitrogens with zero attached hydrogens (tertiary/aromatic N) is 2. The van der Waals surface area contributed by atoms with E-state index in [-0.39, 0.29) is 17.8 Å². The van der Waals surface area contributed by atoms with Gasteiger partial charge < -0.3 is 5.32 Å². The van der Waals surface area contributed by atoms with Crippen LogP contribution in [0.25, 0.3) is 0 Å². The molecule has 2 aromatic rings. The maximum Gasteiger partial charge on any atom is 0.291 e. The summed E-state index contributed by atoms with van der Waals surface area (Å²) in [6.07, 6.45) is 1.38. The third-order valence-corrected chi connectivity index (χ3v) is 2.27. The van der Waals surface area contributed by atoms with Gasteiger partial charge in [-0.2, -0.15) is 0 Å². The zero-order valence-corrected chi connectivity index (χ0v) is 8.84. The summed E-state index contributed by atoms with van der Waals surface area (Å²) in [6.45, 7) is 1.92. The normalized spacial score (nSPS) is 12.1. The van der Waals surface area contributed by atoms with E-state index in [1.165, 1.54) is 6.33 Å². The van der Waals surface area contributed by atoms with Crippen LogP contribution in [0.1, 0.15) is 29.1 Å². The highest BCUT2D eigenvalue weighted by molar-refractivity contribution is 5.90. The largest absolute Gasteiger partial charge is 0.343 e. The molecule has 16 heavy (non-hydrogen) atoms. The number of aromatic amines is 1. The third kappa shape index (κ3) is 2.25. The summed E-state index contributed by atoms with van der Waals surface area (Å²) >= 11 is 0. The fraction of sp³-hybridized carbons (Fsp3) is 0.182. The fourth-order valence-electron chi connectivity index (χ4n) is 1.40. The molecule has 0 spiro atoms. The number of rotatable bonds is 3. The van der Waals surface area contributed by atoms with Crippen LogP contribution < -0.4 is 5.32 Å². The number of amides is 1.